The van der Waals surface area contributed by atoms with Crippen molar-refractivity contribution >= 4 is 12.0 Å². The van der Waals surface area contributed by atoms with Crippen LogP contribution in [-0.4, -0.2) is 47.3 Å². The number of carbonyl (C=O) groups is 2. The molecule has 0 aromatic heterocycles. The van der Waals surface area contributed by atoms with Crippen molar-refractivity contribution in [3.05, 3.63) is 83.2 Å². The molecule has 4 rings (SSSR count). The Hall–Kier alpha value is -3.19. The summed E-state index contributed by atoms with van der Waals surface area (Å²) >= 11 is 0. The SMILES string of the molecule is C=C1CO[C@H](C(=O)N2CCc3ccccc3[C@@H]2c2ccc(F)cc2)C[C@@H]1NC(=O)O. The van der Waals surface area contributed by atoms with Gasteiger partial charge in [-0.05, 0) is 40.8 Å². The molecule has 2 amide bonds. The van der Waals surface area contributed by atoms with Crippen LogP contribution < -0.4 is 5.32 Å². The van der Waals surface area contributed by atoms with Crippen LogP contribution in [0.1, 0.15) is 29.2 Å². The van der Waals surface area contributed by atoms with Crippen molar-refractivity contribution in [3.8, 4) is 0 Å². The first-order valence-corrected chi connectivity index (χ1v) is 9.86. The molecule has 2 aromatic carbocycles. The molecular weight excluding hydrogens is 387 g/mol. The fourth-order valence-electron chi connectivity index (χ4n) is 4.23. The molecule has 2 N–H and O–H groups in total. The lowest BCUT2D eigenvalue weighted by Crippen LogP contribution is -2.51. The molecule has 30 heavy (non-hydrogen) atoms. The molecule has 2 heterocycles. The largest absolute Gasteiger partial charge is 0.465 e. The predicted molar refractivity (Wildman–Crippen MR) is 109 cm³/mol. The number of nitrogens with one attached hydrogen (secondary N) is 1. The van der Waals surface area contributed by atoms with E-state index >= 15 is 0 Å². The van der Waals surface area contributed by atoms with E-state index in [1.54, 1.807) is 17.0 Å². The summed E-state index contributed by atoms with van der Waals surface area (Å²) in [5, 5.41) is 11.5. The number of hydrogen-bond acceptors (Lipinski definition) is 3. The minimum atomic E-state index is -1.16. The third kappa shape index (κ3) is 3.93. The summed E-state index contributed by atoms with van der Waals surface area (Å²) < 4.78 is 19.2. The van der Waals surface area contributed by atoms with Crippen molar-refractivity contribution in [3.63, 3.8) is 0 Å². The Morgan fingerprint density at radius 1 is 1.17 bits per heavy atom. The van der Waals surface area contributed by atoms with Gasteiger partial charge < -0.3 is 20.1 Å². The summed E-state index contributed by atoms with van der Waals surface area (Å²) in [6.45, 7) is 4.46. The van der Waals surface area contributed by atoms with Crippen LogP contribution in [0.2, 0.25) is 0 Å². The molecule has 3 atom stereocenters. The van der Waals surface area contributed by atoms with Gasteiger partial charge in [0, 0.05) is 13.0 Å². The van der Waals surface area contributed by atoms with Crippen LogP contribution in [0.25, 0.3) is 0 Å². The summed E-state index contributed by atoms with van der Waals surface area (Å²) in [7, 11) is 0. The van der Waals surface area contributed by atoms with Crippen LogP contribution in [0, 0.1) is 5.82 Å². The van der Waals surface area contributed by atoms with Gasteiger partial charge in [-0.1, -0.05) is 43.0 Å². The van der Waals surface area contributed by atoms with Crippen molar-refractivity contribution in [1.82, 2.24) is 10.2 Å². The van der Waals surface area contributed by atoms with E-state index in [0.29, 0.717) is 18.5 Å². The van der Waals surface area contributed by atoms with Gasteiger partial charge >= 0.3 is 6.09 Å². The van der Waals surface area contributed by atoms with Crippen LogP contribution in [0.4, 0.5) is 9.18 Å². The zero-order chi connectivity index (χ0) is 21.3. The average molecular weight is 410 g/mol. The van der Waals surface area contributed by atoms with Crippen molar-refractivity contribution in [2.75, 3.05) is 13.2 Å². The van der Waals surface area contributed by atoms with Gasteiger partial charge in [-0.15, -0.1) is 0 Å². The Kier molecular flexibility index (Phi) is 5.55. The Morgan fingerprint density at radius 3 is 2.63 bits per heavy atom. The fraction of sp³-hybridized carbons (Fsp3) is 0.304. The monoisotopic (exact) mass is 410 g/mol. The van der Waals surface area contributed by atoms with E-state index in [0.717, 1.165) is 16.7 Å². The molecule has 1 fully saturated rings. The summed E-state index contributed by atoms with van der Waals surface area (Å²) in [4.78, 5) is 26.3. The second-order valence-electron chi connectivity index (χ2n) is 7.63. The summed E-state index contributed by atoms with van der Waals surface area (Å²) in [5.41, 5.74) is 3.57. The molecule has 0 spiro atoms. The van der Waals surface area contributed by atoms with Crippen LogP contribution in [-0.2, 0) is 16.0 Å². The number of amides is 2. The number of carboxylic acid groups (broad SMARTS) is 1. The van der Waals surface area contributed by atoms with Gasteiger partial charge in [0.2, 0.25) is 0 Å². The highest BCUT2D eigenvalue weighted by Gasteiger charge is 2.39. The smallest absolute Gasteiger partial charge is 0.405 e. The summed E-state index contributed by atoms with van der Waals surface area (Å²) in [5.74, 6) is -0.541. The molecule has 1 saturated heterocycles. The quantitative estimate of drug-likeness (QED) is 0.762. The van der Waals surface area contributed by atoms with Crippen molar-refractivity contribution in [2.24, 2.45) is 0 Å². The highest BCUT2D eigenvalue weighted by atomic mass is 19.1. The van der Waals surface area contributed by atoms with E-state index in [1.807, 2.05) is 24.3 Å². The van der Waals surface area contributed by atoms with Gasteiger partial charge in [-0.25, -0.2) is 9.18 Å². The first-order chi connectivity index (χ1) is 14.4. The average Bonchev–Trinajstić information content (AvgIpc) is 2.74. The normalized spacial score (nSPS) is 23.6. The van der Waals surface area contributed by atoms with E-state index in [2.05, 4.69) is 11.9 Å². The Balaban J connectivity index is 1.64. The van der Waals surface area contributed by atoms with Gasteiger partial charge in [0.1, 0.15) is 11.9 Å². The number of ether oxygens (including phenoxy) is 1. The Labute approximate surface area is 174 Å². The Bertz CT molecular complexity index is 975. The molecule has 0 unspecified atom stereocenters. The summed E-state index contributed by atoms with van der Waals surface area (Å²) in [6, 6.07) is 13.2. The number of hydrogen-bond donors (Lipinski definition) is 2. The molecule has 0 aliphatic carbocycles. The highest BCUT2D eigenvalue weighted by molar-refractivity contribution is 5.83. The molecule has 2 aromatic rings. The van der Waals surface area contributed by atoms with E-state index in [4.69, 9.17) is 9.84 Å². The maximum atomic E-state index is 13.5. The molecule has 6 nitrogen and oxygen atoms in total. The van der Waals surface area contributed by atoms with E-state index in [-0.39, 0.29) is 30.8 Å². The minimum Gasteiger partial charge on any atom is -0.465 e. The second kappa shape index (κ2) is 8.28. The fourth-order valence-corrected chi connectivity index (χ4v) is 4.23. The second-order valence-corrected chi connectivity index (χ2v) is 7.63. The number of halogens is 1. The zero-order valence-electron chi connectivity index (χ0n) is 16.4. The molecule has 2 aliphatic heterocycles. The van der Waals surface area contributed by atoms with Crippen LogP contribution in [0.5, 0.6) is 0 Å². The van der Waals surface area contributed by atoms with E-state index in [1.165, 1.54) is 12.1 Å². The lowest BCUT2D eigenvalue weighted by Gasteiger charge is -2.41. The first-order valence-electron chi connectivity index (χ1n) is 9.86. The van der Waals surface area contributed by atoms with Gasteiger partial charge in [-0.2, -0.15) is 0 Å². The maximum absolute atomic E-state index is 13.5. The van der Waals surface area contributed by atoms with Crippen LogP contribution >= 0.6 is 0 Å². The van der Waals surface area contributed by atoms with Gasteiger partial charge in [0.15, 0.2) is 0 Å². The lowest BCUT2D eigenvalue weighted by atomic mass is 9.87. The number of rotatable bonds is 3. The van der Waals surface area contributed by atoms with E-state index in [9.17, 15) is 14.0 Å². The summed E-state index contributed by atoms with van der Waals surface area (Å²) in [6.07, 6.45) is -1.04. The van der Waals surface area contributed by atoms with Gasteiger partial charge in [-0.3, -0.25) is 4.79 Å². The molecule has 156 valence electrons. The molecule has 0 radical (unpaired) electrons. The number of fused-ring (bicyclic) bond motifs is 1. The topological polar surface area (TPSA) is 78.9 Å². The standard InChI is InChI=1S/C23H23FN2O4/c1-14-13-30-20(12-19(14)25-23(28)29)22(27)26-11-10-15-4-2-3-5-18(15)21(26)16-6-8-17(24)9-7-16/h2-9,19-21,25H,1,10-13H2,(H,28,29)/t19-,20-,21-/m0/s1. The zero-order valence-corrected chi connectivity index (χ0v) is 16.4. The van der Waals surface area contributed by atoms with Crippen molar-refractivity contribution < 1.29 is 23.8 Å². The predicted octanol–water partition coefficient (Wildman–Crippen LogP) is 3.28. The van der Waals surface area contributed by atoms with Crippen molar-refractivity contribution in [1.29, 1.82) is 0 Å². The Morgan fingerprint density at radius 2 is 1.90 bits per heavy atom. The molecule has 2 aliphatic rings. The molecule has 0 bridgehead atoms. The lowest BCUT2D eigenvalue weighted by molar-refractivity contribution is -0.147. The minimum absolute atomic E-state index is 0.118. The van der Waals surface area contributed by atoms with Gasteiger partial charge in [0.25, 0.3) is 5.91 Å². The van der Waals surface area contributed by atoms with Gasteiger partial charge in [0.05, 0.1) is 18.7 Å². The highest BCUT2D eigenvalue weighted by Crippen LogP contribution is 2.36. The third-order valence-electron chi connectivity index (χ3n) is 5.74. The van der Waals surface area contributed by atoms with E-state index < -0.39 is 18.2 Å². The van der Waals surface area contributed by atoms with Crippen LogP contribution in [0.15, 0.2) is 60.7 Å². The molecule has 7 heteroatoms. The van der Waals surface area contributed by atoms with Crippen molar-refractivity contribution in [2.45, 2.75) is 31.0 Å². The number of carbonyl (C=O) groups excluding carboxylic acids is 1. The molecule has 0 saturated carbocycles. The maximum Gasteiger partial charge on any atom is 0.405 e. The number of benzene rings is 2. The molecular formula is C23H23FN2O4. The first kappa shape index (κ1) is 20.1. The number of nitrogens with zero attached hydrogens (tertiary/aromatic N) is 1. The third-order valence-corrected chi connectivity index (χ3v) is 5.74. The van der Waals surface area contributed by atoms with Crippen LogP contribution in [0.3, 0.4) is 0 Å².